The molecule has 0 fully saturated rings. The molecule has 2 nitrogen and oxygen atoms in total. The van der Waals surface area contributed by atoms with E-state index in [2.05, 4.69) is 204 Å². The number of benzene rings is 8. The summed E-state index contributed by atoms with van der Waals surface area (Å²) in [6.45, 7) is 0. The zero-order valence-corrected chi connectivity index (χ0v) is 29.3. The number of para-hydroxylation sites is 3. The first-order chi connectivity index (χ1) is 26.2. The summed E-state index contributed by atoms with van der Waals surface area (Å²) in [4.78, 5) is 2.38. The maximum absolute atomic E-state index is 2.49. The van der Waals surface area contributed by atoms with Crippen molar-refractivity contribution in [3.63, 3.8) is 0 Å². The molecule has 2 heteroatoms. The Balaban J connectivity index is 1.02. The Hall–Kier alpha value is -6.64. The molecule has 9 aromatic rings. The number of rotatable bonds is 5. The Bertz CT molecular complexity index is 2800. The molecule has 0 aliphatic heterocycles. The van der Waals surface area contributed by atoms with E-state index in [9.17, 15) is 0 Å². The standard InChI is InChI=1S/C51H36N2/c1-3-15-39(16-4-1)52(42-28-30-46-45-20-10-12-22-49(45)53(50(46)32-42)40-17-5-2-6-18-40)41-26-23-35(24-27-41)36-25-29-44-43-19-9-11-21-47(43)51(48(44)31-36)33-37-13-7-8-14-38(37)34-51/h1-32H,33-34H2. The van der Waals surface area contributed by atoms with E-state index in [0.717, 1.165) is 35.6 Å². The van der Waals surface area contributed by atoms with Gasteiger partial charge in [-0.3, -0.25) is 0 Å². The normalized spacial score (nSPS) is 13.7. The quantitative estimate of drug-likeness (QED) is 0.176. The molecule has 0 unspecified atom stereocenters. The summed E-state index contributed by atoms with van der Waals surface area (Å²) >= 11 is 0. The lowest BCUT2D eigenvalue weighted by Gasteiger charge is -2.27. The molecule has 0 saturated carbocycles. The molecule has 8 aromatic carbocycles. The van der Waals surface area contributed by atoms with Crippen LogP contribution in [0.2, 0.25) is 0 Å². The number of nitrogens with zero attached hydrogens (tertiary/aromatic N) is 2. The van der Waals surface area contributed by atoms with Gasteiger partial charge >= 0.3 is 0 Å². The Morgan fingerprint density at radius 3 is 1.77 bits per heavy atom. The number of fused-ring (bicyclic) bond motifs is 9. The Labute approximate surface area is 309 Å². The largest absolute Gasteiger partial charge is 0.310 e. The van der Waals surface area contributed by atoms with Gasteiger partial charge in [0, 0.05) is 38.9 Å². The topological polar surface area (TPSA) is 8.17 Å². The van der Waals surface area contributed by atoms with E-state index in [1.54, 1.807) is 0 Å². The van der Waals surface area contributed by atoms with Gasteiger partial charge in [0.05, 0.1) is 11.0 Å². The molecule has 2 aliphatic carbocycles. The molecule has 2 aliphatic rings. The van der Waals surface area contributed by atoms with Crippen LogP contribution < -0.4 is 4.90 Å². The molecule has 0 radical (unpaired) electrons. The molecular weight excluding hydrogens is 641 g/mol. The molecule has 0 amide bonds. The van der Waals surface area contributed by atoms with Crippen molar-refractivity contribution in [2.24, 2.45) is 0 Å². The van der Waals surface area contributed by atoms with Crippen LogP contribution >= 0.6 is 0 Å². The van der Waals surface area contributed by atoms with Crippen LogP contribution in [-0.4, -0.2) is 4.57 Å². The highest BCUT2D eigenvalue weighted by Gasteiger charge is 2.47. The number of anilines is 3. The van der Waals surface area contributed by atoms with E-state index in [0.29, 0.717) is 0 Å². The van der Waals surface area contributed by atoms with Crippen molar-refractivity contribution in [2.45, 2.75) is 18.3 Å². The van der Waals surface area contributed by atoms with E-state index in [-0.39, 0.29) is 5.41 Å². The van der Waals surface area contributed by atoms with Gasteiger partial charge in [-0.05, 0) is 118 Å². The molecule has 250 valence electrons. The van der Waals surface area contributed by atoms with Crippen LogP contribution in [0.1, 0.15) is 22.3 Å². The average molecular weight is 677 g/mol. The van der Waals surface area contributed by atoms with Crippen LogP contribution in [-0.2, 0) is 18.3 Å². The predicted molar refractivity (Wildman–Crippen MR) is 221 cm³/mol. The molecular formula is C51H36N2. The van der Waals surface area contributed by atoms with Gasteiger partial charge in [0.2, 0.25) is 0 Å². The van der Waals surface area contributed by atoms with E-state index in [4.69, 9.17) is 0 Å². The monoisotopic (exact) mass is 676 g/mol. The first-order valence-corrected chi connectivity index (χ1v) is 18.6. The SMILES string of the molecule is c1ccc(N(c2ccc(-c3ccc4c(c3)C3(Cc5ccccc5C3)c3ccccc3-4)cc2)c2ccc3c4ccccc4n(-c4ccccc4)c3c2)cc1. The van der Waals surface area contributed by atoms with E-state index in [1.165, 1.54) is 66.3 Å². The molecule has 53 heavy (non-hydrogen) atoms. The van der Waals surface area contributed by atoms with Crippen molar-refractivity contribution in [1.29, 1.82) is 0 Å². The predicted octanol–water partition coefficient (Wildman–Crippen LogP) is 13.0. The molecule has 0 bridgehead atoms. The van der Waals surface area contributed by atoms with E-state index >= 15 is 0 Å². The van der Waals surface area contributed by atoms with Crippen molar-refractivity contribution < 1.29 is 0 Å². The second-order valence-corrected chi connectivity index (χ2v) is 14.6. The second-order valence-electron chi connectivity index (χ2n) is 14.6. The minimum absolute atomic E-state index is 0.0173. The molecule has 0 atom stereocenters. The first kappa shape index (κ1) is 30.0. The number of hydrogen-bond donors (Lipinski definition) is 0. The van der Waals surface area contributed by atoms with E-state index < -0.39 is 0 Å². The van der Waals surface area contributed by atoms with Gasteiger partial charge in [-0.25, -0.2) is 0 Å². The zero-order valence-electron chi connectivity index (χ0n) is 29.3. The van der Waals surface area contributed by atoms with Gasteiger partial charge in [0.1, 0.15) is 0 Å². The van der Waals surface area contributed by atoms with Gasteiger partial charge in [0.15, 0.2) is 0 Å². The molecule has 11 rings (SSSR count). The third kappa shape index (κ3) is 4.59. The minimum Gasteiger partial charge on any atom is -0.310 e. The summed E-state index contributed by atoms with van der Waals surface area (Å²) in [5.41, 5.74) is 18.1. The summed E-state index contributed by atoms with van der Waals surface area (Å²) < 4.78 is 2.39. The number of aromatic nitrogens is 1. The van der Waals surface area contributed by atoms with Crippen LogP contribution in [0.4, 0.5) is 17.1 Å². The van der Waals surface area contributed by atoms with Crippen molar-refractivity contribution in [1.82, 2.24) is 4.57 Å². The highest BCUT2D eigenvalue weighted by atomic mass is 15.1. The summed E-state index contributed by atoms with van der Waals surface area (Å²) in [6.07, 6.45) is 2.10. The summed E-state index contributed by atoms with van der Waals surface area (Å²) in [6, 6.07) is 71.5. The molecule has 0 saturated heterocycles. The van der Waals surface area contributed by atoms with Gasteiger partial charge in [-0.1, -0.05) is 133 Å². The fraction of sp³-hybridized carbons (Fsp3) is 0.0588. The first-order valence-electron chi connectivity index (χ1n) is 18.6. The van der Waals surface area contributed by atoms with Gasteiger partial charge in [-0.2, -0.15) is 0 Å². The lowest BCUT2D eigenvalue weighted by atomic mass is 9.75. The molecule has 1 spiro atoms. The number of hydrogen-bond acceptors (Lipinski definition) is 1. The van der Waals surface area contributed by atoms with Crippen molar-refractivity contribution >= 4 is 38.9 Å². The Morgan fingerprint density at radius 2 is 0.981 bits per heavy atom. The van der Waals surface area contributed by atoms with Crippen LogP contribution in [0, 0.1) is 0 Å². The smallest absolute Gasteiger partial charge is 0.0561 e. The van der Waals surface area contributed by atoms with E-state index in [1.807, 2.05) is 0 Å². The van der Waals surface area contributed by atoms with Gasteiger partial charge in [0.25, 0.3) is 0 Å². The highest BCUT2D eigenvalue weighted by molar-refractivity contribution is 6.10. The van der Waals surface area contributed by atoms with Crippen molar-refractivity contribution in [3.8, 4) is 27.9 Å². The Kier molecular flexibility index (Phi) is 6.63. The minimum atomic E-state index is -0.0173. The third-order valence-electron chi connectivity index (χ3n) is 11.8. The van der Waals surface area contributed by atoms with Crippen LogP contribution in [0.25, 0.3) is 49.7 Å². The van der Waals surface area contributed by atoms with Crippen LogP contribution in [0.5, 0.6) is 0 Å². The lowest BCUT2D eigenvalue weighted by Crippen LogP contribution is -2.25. The summed E-state index contributed by atoms with van der Waals surface area (Å²) in [5.74, 6) is 0. The maximum atomic E-state index is 2.49. The zero-order chi connectivity index (χ0) is 34.9. The average Bonchev–Trinajstić information content (AvgIpc) is 3.87. The fourth-order valence-electron chi connectivity index (χ4n) is 9.41. The van der Waals surface area contributed by atoms with Gasteiger partial charge < -0.3 is 9.47 Å². The van der Waals surface area contributed by atoms with Crippen molar-refractivity contribution in [3.05, 3.63) is 216 Å². The Morgan fingerprint density at radius 1 is 0.396 bits per heavy atom. The summed E-state index contributed by atoms with van der Waals surface area (Å²) in [5, 5.41) is 2.51. The van der Waals surface area contributed by atoms with Gasteiger partial charge in [-0.15, -0.1) is 0 Å². The molecule has 0 N–H and O–H groups in total. The maximum Gasteiger partial charge on any atom is 0.0561 e. The molecule has 1 heterocycles. The fourth-order valence-corrected chi connectivity index (χ4v) is 9.41. The second kappa shape index (κ2) is 11.7. The lowest BCUT2D eigenvalue weighted by molar-refractivity contribution is 0.564. The molecule has 1 aromatic heterocycles. The summed E-state index contributed by atoms with van der Waals surface area (Å²) in [7, 11) is 0. The third-order valence-corrected chi connectivity index (χ3v) is 11.8. The van der Waals surface area contributed by atoms with Crippen molar-refractivity contribution in [2.75, 3.05) is 4.90 Å². The van der Waals surface area contributed by atoms with Crippen LogP contribution in [0.3, 0.4) is 0 Å². The van der Waals surface area contributed by atoms with Crippen LogP contribution in [0.15, 0.2) is 194 Å². The highest BCUT2D eigenvalue weighted by Crippen LogP contribution is 2.56.